The van der Waals surface area contributed by atoms with Crippen molar-refractivity contribution >= 4 is 15.9 Å². The van der Waals surface area contributed by atoms with Gasteiger partial charge in [-0.1, -0.05) is 12.1 Å². The van der Waals surface area contributed by atoms with Crippen molar-refractivity contribution in [3.8, 4) is 6.07 Å². The van der Waals surface area contributed by atoms with E-state index in [0.29, 0.717) is 6.54 Å². The molecule has 0 bridgehead atoms. The molecular weight excluding hydrogens is 278 g/mol. The SMILES string of the molecule is CCN(C)C(=O)C(C)NS(=O)(=O)c1ccccc1C#N. The Labute approximate surface area is 119 Å². The van der Waals surface area contributed by atoms with Crippen LogP contribution >= 0.6 is 0 Å². The van der Waals surface area contributed by atoms with E-state index < -0.39 is 16.1 Å². The third-order valence-electron chi connectivity index (χ3n) is 2.85. The Morgan fingerprint density at radius 3 is 2.60 bits per heavy atom. The number of nitrogens with one attached hydrogen (secondary N) is 1. The van der Waals surface area contributed by atoms with E-state index in [4.69, 9.17) is 5.26 Å². The molecule has 1 amide bonds. The average Bonchev–Trinajstić information content (AvgIpc) is 2.44. The topological polar surface area (TPSA) is 90.3 Å². The highest BCUT2D eigenvalue weighted by molar-refractivity contribution is 7.89. The summed E-state index contributed by atoms with van der Waals surface area (Å²) in [7, 11) is -2.32. The Hall–Kier alpha value is -1.91. The number of nitriles is 1. The van der Waals surface area contributed by atoms with Gasteiger partial charge in [-0.2, -0.15) is 9.98 Å². The molecule has 0 aliphatic carbocycles. The molecule has 108 valence electrons. The standard InChI is InChI=1S/C13H17N3O3S/c1-4-16(3)13(17)10(2)15-20(18,19)12-8-6-5-7-11(12)9-14/h5-8,10,15H,4H2,1-3H3. The Kier molecular flexibility index (Phi) is 5.25. The zero-order valence-electron chi connectivity index (χ0n) is 11.6. The fourth-order valence-electron chi connectivity index (χ4n) is 1.63. The van der Waals surface area contributed by atoms with E-state index in [0.717, 1.165) is 0 Å². The molecule has 1 aromatic carbocycles. The Bertz CT molecular complexity index is 635. The van der Waals surface area contributed by atoms with Crippen LogP contribution in [0.15, 0.2) is 29.2 Å². The van der Waals surface area contributed by atoms with Gasteiger partial charge in [0.25, 0.3) is 0 Å². The summed E-state index contributed by atoms with van der Waals surface area (Å²) in [6, 6.07) is 6.79. The van der Waals surface area contributed by atoms with Crippen LogP contribution in [-0.4, -0.2) is 38.9 Å². The molecule has 0 spiro atoms. The van der Waals surface area contributed by atoms with Gasteiger partial charge < -0.3 is 4.90 Å². The van der Waals surface area contributed by atoms with E-state index in [9.17, 15) is 13.2 Å². The highest BCUT2D eigenvalue weighted by Crippen LogP contribution is 2.14. The van der Waals surface area contributed by atoms with Crippen molar-refractivity contribution in [2.45, 2.75) is 24.8 Å². The minimum absolute atomic E-state index is 0.0449. The molecule has 0 aliphatic heterocycles. The van der Waals surface area contributed by atoms with Crippen LogP contribution in [0.3, 0.4) is 0 Å². The summed E-state index contributed by atoms with van der Waals surface area (Å²) in [5, 5.41) is 8.93. The summed E-state index contributed by atoms with van der Waals surface area (Å²) in [6.45, 7) is 3.75. The first kappa shape index (κ1) is 16.1. The number of rotatable bonds is 5. The van der Waals surface area contributed by atoms with Crippen molar-refractivity contribution in [2.75, 3.05) is 13.6 Å². The number of amides is 1. The first-order valence-corrected chi connectivity index (χ1v) is 7.58. The van der Waals surface area contributed by atoms with E-state index in [-0.39, 0.29) is 16.4 Å². The largest absolute Gasteiger partial charge is 0.345 e. The van der Waals surface area contributed by atoms with E-state index in [2.05, 4.69) is 4.72 Å². The normalized spacial score (nSPS) is 12.5. The maximum atomic E-state index is 12.2. The van der Waals surface area contributed by atoms with Crippen molar-refractivity contribution in [3.63, 3.8) is 0 Å². The highest BCUT2D eigenvalue weighted by Gasteiger charge is 2.25. The predicted octanol–water partition coefficient (Wildman–Crippen LogP) is 0.703. The van der Waals surface area contributed by atoms with Crippen LogP contribution in [0.2, 0.25) is 0 Å². The number of hydrogen-bond acceptors (Lipinski definition) is 4. The van der Waals surface area contributed by atoms with Crippen LogP contribution in [0.5, 0.6) is 0 Å². The zero-order chi connectivity index (χ0) is 15.3. The molecule has 1 aromatic rings. The number of hydrogen-bond donors (Lipinski definition) is 1. The van der Waals surface area contributed by atoms with Gasteiger partial charge in [-0.3, -0.25) is 4.79 Å². The molecule has 20 heavy (non-hydrogen) atoms. The number of likely N-dealkylation sites (N-methyl/N-ethyl adjacent to an activating group) is 1. The van der Waals surface area contributed by atoms with E-state index >= 15 is 0 Å². The predicted molar refractivity (Wildman–Crippen MR) is 74.3 cm³/mol. The summed E-state index contributed by atoms with van der Waals surface area (Å²) in [4.78, 5) is 13.2. The maximum absolute atomic E-state index is 12.2. The summed E-state index contributed by atoms with van der Waals surface area (Å²) in [5.41, 5.74) is 0.0449. The summed E-state index contributed by atoms with van der Waals surface area (Å²) in [5.74, 6) is -0.328. The van der Waals surface area contributed by atoms with Crippen molar-refractivity contribution in [1.29, 1.82) is 5.26 Å². The first-order valence-electron chi connectivity index (χ1n) is 6.10. The Balaban J connectivity index is 3.02. The van der Waals surface area contributed by atoms with E-state index in [1.807, 2.05) is 6.07 Å². The maximum Gasteiger partial charge on any atom is 0.242 e. The summed E-state index contributed by atoms with van der Waals surface area (Å²) in [6.07, 6.45) is 0. The van der Waals surface area contributed by atoms with Gasteiger partial charge >= 0.3 is 0 Å². The molecule has 1 rings (SSSR count). The van der Waals surface area contributed by atoms with Crippen LogP contribution in [0, 0.1) is 11.3 Å². The van der Waals surface area contributed by atoms with Crippen LogP contribution in [-0.2, 0) is 14.8 Å². The molecule has 1 unspecified atom stereocenters. The van der Waals surface area contributed by atoms with E-state index in [1.54, 1.807) is 20.0 Å². The fourth-order valence-corrected chi connectivity index (χ4v) is 2.98. The van der Waals surface area contributed by atoms with Crippen molar-refractivity contribution < 1.29 is 13.2 Å². The lowest BCUT2D eigenvalue weighted by molar-refractivity contribution is -0.131. The second kappa shape index (κ2) is 6.50. The van der Waals surface area contributed by atoms with Crippen molar-refractivity contribution in [1.82, 2.24) is 9.62 Å². The lowest BCUT2D eigenvalue weighted by Gasteiger charge is -2.20. The van der Waals surface area contributed by atoms with Crippen LogP contribution in [0.1, 0.15) is 19.4 Å². The molecule has 0 saturated heterocycles. The summed E-state index contributed by atoms with van der Waals surface area (Å²) >= 11 is 0. The highest BCUT2D eigenvalue weighted by atomic mass is 32.2. The van der Waals surface area contributed by atoms with Gasteiger partial charge in [-0.05, 0) is 26.0 Å². The van der Waals surface area contributed by atoms with Gasteiger partial charge in [-0.25, -0.2) is 8.42 Å². The lowest BCUT2D eigenvalue weighted by atomic mass is 10.2. The molecular formula is C13H17N3O3S. The second-order valence-electron chi connectivity index (χ2n) is 4.30. The lowest BCUT2D eigenvalue weighted by Crippen LogP contribution is -2.45. The second-order valence-corrected chi connectivity index (χ2v) is 5.99. The number of nitrogens with zero attached hydrogens (tertiary/aromatic N) is 2. The van der Waals surface area contributed by atoms with Gasteiger partial charge in [0, 0.05) is 13.6 Å². The van der Waals surface area contributed by atoms with Gasteiger partial charge in [0.2, 0.25) is 15.9 Å². The van der Waals surface area contributed by atoms with Gasteiger partial charge in [0.15, 0.2) is 0 Å². The molecule has 0 fully saturated rings. The molecule has 0 radical (unpaired) electrons. The summed E-state index contributed by atoms with van der Waals surface area (Å²) < 4.78 is 26.7. The van der Waals surface area contributed by atoms with Gasteiger partial charge in [0.1, 0.15) is 6.07 Å². The molecule has 6 nitrogen and oxygen atoms in total. The Morgan fingerprint density at radius 2 is 2.05 bits per heavy atom. The molecule has 0 saturated carbocycles. The third-order valence-corrected chi connectivity index (χ3v) is 4.45. The van der Waals surface area contributed by atoms with Gasteiger partial charge in [-0.15, -0.1) is 0 Å². The van der Waals surface area contributed by atoms with Crippen molar-refractivity contribution in [2.24, 2.45) is 0 Å². The zero-order valence-corrected chi connectivity index (χ0v) is 12.4. The van der Waals surface area contributed by atoms with Crippen LogP contribution < -0.4 is 4.72 Å². The number of carbonyl (C=O) groups is 1. The van der Waals surface area contributed by atoms with Crippen LogP contribution in [0.25, 0.3) is 0 Å². The van der Waals surface area contributed by atoms with E-state index in [1.165, 1.54) is 30.0 Å². The molecule has 1 N–H and O–H groups in total. The fraction of sp³-hybridized carbons (Fsp3) is 0.385. The molecule has 1 atom stereocenters. The quantitative estimate of drug-likeness (QED) is 0.866. The van der Waals surface area contributed by atoms with Gasteiger partial charge in [0.05, 0.1) is 16.5 Å². The van der Waals surface area contributed by atoms with Crippen LogP contribution in [0.4, 0.5) is 0 Å². The first-order chi connectivity index (χ1) is 9.33. The number of benzene rings is 1. The number of carbonyl (C=O) groups excluding carboxylic acids is 1. The minimum Gasteiger partial charge on any atom is -0.345 e. The number of sulfonamides is 1. The molecule has 7 heteroatoms. The molecule has 0 heterocycles. The minimum atomic E-state index is -3.91. The monoisotopic (exact) mass is 295 g/mol. The third kappa shape index (κ3) is 3.56. The van der Waals surface area contributed by atoms with Crippen molar-refractivity contribution in [3.05, 3.63) is 29.8 Å². The Morgan fingerprint density at radius 1 is 1.45 bits per heavy atom. The smallest absolute Gasteiger partial charge is 0.242 e. The molecule has 0 aromatic heterocycles. The average molecular weight is 295 g/mol. The molecule has 0 aliphatic rings.